The van der Waals surface area contributed by atoms with E-state index in [1.54, 1.807) is 0 Å². The third-order valence-corrected chi connectivity index (χ3v) is 2.84. The van der Waals surface area contributed by atoms with Crippen LogP contribution in [0.4, 0.5) is 0 Å². The third-order valence-electron chi connectivity index (χ3n) is 2.84. The van der Waals surface area contributed by atoms with Gasteiger partial charge in [-0.3, -0.25) is 0 Å². The Bertz CT molecular complexity index is 310. The van der Waals surface area contributed by atoms with Crippen molar-refractivity contribution in [3.63, 3.8) is 0 Å². The van der Waals surface area contributed by atoms with E-state index in [0.29, 0.717) is 0 Å². The molecule has 13 nitrogen and oxygen atoms in total. The molecule has 0 saturated carbocycles. The molecule has 0 amide bonds. The number of carbonyl (C=O) groups is 2. The minimum Gasteiger partial charge on any atom is -0.412 e. The van der Waals surface area contributed by atoms with Crippen LogP contribution in [0, 0.1) is 0 Å². The number of aliphatic hydroxyl groups is 10. The van der Waals surface area contributed by atoms with Crippen LogP contribution in [0.1, 0.15) is 7.43 Å². The van der Waals surface area contributed by atoms with Crippen LogP contribution < -0.4 is 0 Å². The highest BCUT2D eigenvalue weighted by Gasteiger charge is 2.30. The fraction of sp³-hybridized carbons (Fsp3) is 0.846. The second-order valence-electron chi connectivity index (χ2n) is 4.72. The summed E-state index contributed by atoms with van der Waals surface area (Å²) in [7, 11) is 0. The van der Waals surface area contributed by atoms with Gasteiger partial charge in [0, 0.05) is 0 Å². The summed E-state index contributed by atoms with van der Waals surface area (Å²) in [5.74, 6) is 0. The minimum atomic E-state index is -1.79. The lowest BCUT2D eigenvalue weighted by atomic mass is 10.0. The first-order valence-corrected chi connectivity index (χ1v) is 6.65. The van der Waals surface area contributed by atoms with E-state index in [9.17, 15) is 9.59 Å². The number of carbonyl (C=O) groups excluding carboxylic acids is 2. The Morgan fingerprint density at radius 2 is 0.808 bits per heavy atom. The summed E-state index contributed by atoms with van der Waals surface area (Å²) < 4.78 is 0. The molecule has 0 aromatic heterocycles. The zero-order valence-electron chi connectivity index (χ0n) is 13.0. The van der Waals surface area contributed by atoms with Crippen molar-refractivity contribution in [1.82, 2.24) is 0 Å². The zero-order chi connectivity index (χ0) is 19.4. The van der Waals surface area contributed by atoms with Gasteiger partial charge in [0.25, 0.3) is 0 Å². The summed E-state index contributed by atoms with van der Waals surface area (Å²) in [4.78, 5) is 19.8. The van der Waals surface area contributed by atoms with Gasteiger partial charge in [0.15, 0.2) is 12.6 Å². The van der Waals surface area contributed by atoms with Gasteiger partial charge in [-0.2, -0.15) is 0 Å². The molecule has 0 fully saturated rings. The van der Waals surface area contributed by atoms with Crippen LogP contribution in [0.5, 0.6) is 0 Å². The highest BCUT2D eigenvalue weighted by molar-refractivity contribution is 5.57. The predicted molar refractivity (Wildman–Crippen MR) is 84.7 cm³/mol. The number of aliphatic hydroxyl groups excluding tert-OH is 10. The number of aldehydes is 2. The lowest BCUT2D eigenvalue weighted by Crippen LogP contribution is -2.46. The van der Waals surface area contributed by atoms with E-state index in [1.807, 2.05) is 0 Å². The second kappa shape index (κ2) is 17.3. The van der Waals surface area contributed by atoms with Gasteiger partial charge in [0.1, 0.15) is 48.8 Å². The standard InChI is InChI=1S/2C6H12O6.CH4.H2O/c2*7-1-3(9)5(11)6(12)4(10)2-8;;/h2*1,3-6,8-12H,2H2;1H4;1H2/t2*3-,4+,5+,6+;;/m00../s1. The van der Waals surface area contributed by atoms with Crippen molar-refractivity contribution in [2.45, 2.75) is 56.3 Å². The average molecular weight is 394 g/mol. The molecular weight excluding hydrogens is 364 g/mol. The van der Waals surface area contributed by atoms with Crippen LogP contribution in [0.2, 0.25) is 0 Å². The van der Waals surface area contributed by atoms with Crippen LogP contribution in [0.3, 0.4) is 0 Å². The normalized spacial score (nSPS) is 19.5. The van der Waals surface area contributed by atoms with E-state index in [1.165, 1.54) is 0 Å². The van der Waals surface area contributed by atoms with Crippen LogP contribution in [-0.4, -0.2) is 131 Å². The van der Waals surface area contributed by atoms with Gasteiger partial charge in [-0.05, 0) is 0 Å². The predicted octanol–water partition coefficient (Wildman–Crippen LogP) is -6.95. The van der Waals surface area contributed by atoms with Crippen molar-refractivity contribution in [2.75, 3.05) is 13.2 Å². The van der Waals surface area contributed by atoms with Crippen LogP contribution in [0.15, 0.2) is 0 Å². The van der Waals surface area contributed by atoms with Gasteiger partial charge >= 0.3 is 0 Å². The van der Waals surface area contributed by atoms with Crippen LogP contribution in [0.25, 0.3) is 0 Å². The van der Waals surface area contributed by atoms with Gasteiger partial charge in [-0.15, -0.1) is 0 Å². The number of hydrogen-bond acceptors (Lipinski definition) is 12. The maximum Gasteiger partial charge on any atom is 0.151 e. The Hall–Kier alpha value is -1.10. The van der Waals surface area contributed by atoms with Gasteiger partial charge in [0.2, 0.25) is 0 Å². The van der Waals surface area contributed by atoms with Crippen LogP contribution >= 0.6 is 0 Å². The summed E-state index contributed by atoms with van der Waals surface area (Å²) in [6.07, 6.45) is -13.7. The molecule has 0 aromatic rings. The van der Waals surface area contributed by atoms with Crippen molar-refractivity contribution in [3.8, 4) is 0 Å². The van der Waals surface area contributed by atoms with E-state index in [4.69, 9.17) is 51.1 Å². The SMILES string of the molecule is C.O.O=C[C@H](O)[C@@H](O)[C@H](O)[C@H](O)CO.O=C[C@H](O)[C@@H](O)[C@H](O)[C@H](O)CO. The molecule has 0 heterocycles. The third kappa shape index (κ3) is 11.5. The molecule has 0 unspecified atom stereocenters. The topological polar surface area (TPSA) is 268 Å². The monoisotopic (exact) mass is 394 g/mol. The Morgan fingerprint density at radius 1 is 0.577 bits per heavy atom. The summed E-state index contributed by atoms with van der Waals surface area (Å²) >= 11 is 0. The van der Waals surface area contributed by atoms with Gasteiger partial charge < -0.3 is 66.1 Å². The first kappa shape index (κ1) is 32.6. The Balaban J connectivity index is -0.000000173. The maximum atomic E-state index is 9.90. The molecule has 13 heteroatoms. The van der Waals surface area contributed by atoms with Crippen LogP contribution in [-0.2, 0) is 9.59 Å². The fourth-order valence-electron chi connectivity index (χ4n) is 1.24. The molecule has 0 aromatic carbocycles. The van der Waals surface area contributed by atoms with Gasteiger partial charge in [0.05, 0.1) is 13.2 Å². The quantitative estimate of drug-likeness (QED) is 0.155. The molecule has 0 spiro atoms. The highest BCUT2D eigenvalue weighted by atomic mass is 16.4. The number of rotatable bonds is 10. The lowest BCUT2D eigenvalue weighted by molar-refractivity contribution is -0.136. The Labute approximate surface area is 149 Å². The Morgan fingerprint density at radius 3 is 0.962 bits per heavy atom. The molecule has 8 atom stereocenters. The van der Waals surface area contributed by atoms with E-state index >= 15 is 0 Å². The molecular formula is C13H30O13. The first-order chi connectivity index (χ1) is 11.1. The van der Waals surface area contributed by atoms with E-state index in [2.05, 4.69) is 0 Å². The van der Waals surface area contributed by atoms with Crippen molar-refractivity contribution < 1.29 is 66.1 Å². The first-order valence-electron chi connectivity index (χ1n) is 6.65. The molecule has 0 aliphatic rings. The zero-order valence-corrected chi connectivity index (χ0v) is 13.0. The Kier molecular flexibility index (Phi) is 21.7. The molecule has 0 radical (unpaired) electrons. The molecule has 0 aliphatic carbocycles. The van der Waals surface area contributed by atoms with Crippen molar-refractivity contribution >= 4 is 12.6 Å². The summed E-state index contributed by atoms with van der Waals surface area (Å²) in [6.45, 7) is -1.52. The molecule has 0 bridgehead atoms. The van der Waals surface area contributed by atoms with Crippen molar-refractivity contribution in [3.05, 3.63) is 0 Å². The van der Waals surface area contributed by atoms with Crippen molar-refractivity contribution in [2.24, 2.45) is 0 Å². The molecule has 160 valence electrons. The molecule has 0 saturated heterocycles. The van der Waals surface area contributed by atoms with Gasteiger partial charge in [-0.25, -0.2) is 0 Å². The van der Waals surface area contributed by atoms with E-state index < -0.39 is 62.0 Å². The summed E-state index contributed by atoms with van der Waals surface area (Å²) in [6, 6.07) is 0. The minimum absolute atomic E-state index is 0. The maximum absolute atomic E-state index is 9.90. The number of hydrogen-bond donors (Lipinski definition) is 10. The lowest BCUT2D eigenvalue weighted by Gasteiger charge is -2.22. The molecule has 0 rings (SSSR count). The smallest absolute Gasteiger partial charge is 0.151 e. The van der Waals surface area contributed by atoms with E-state index in [0.717, 1.165) is 0 Å². The molecule has 26 heavy (non-hydrogen) atoms. The van der Waals surface area contributed by atoms with Gasteiger partial charge in [-0.1, -0.05) is 7.43 Å². The molecule has 0 aliphatic heterocycles. The van der Waals surface area contributed by atoms with E-state index in [-0.39, 0.29) is 25.5 Å². The fourth-order valence-corrected chi connectivity index (χ4v) is 1.24. The largest absolute Gasteiger partial charge is 0.412 e. The highest BCUT2D eigenvalue weighted by Crippen LogP contribution is 2.03. The average Bonchev–Trinajstić information content (AvgIpc) is 2.62. The summed E-state index contributed by atoms with van der Waals surface area (Å²) in [5, 5.41) is 87.1. The summed E-state index contributed by atoms with van der Waals surface area (Å²) in [5.41, 5.74) is 0. The molecule has 12 N–H and O–H groups in total. The van der Waals surface area contributed by atoms with Crippen molar-refractivity contribution in [1.29, 1.82) is 0 Å². The second-order valence-corrected chi connectivity index (χ2v) is 4.72.